The molecule has 1 atom stereocenters. The van der Waals surface area contributed by atoms with Gasteiger partial charge in [0.1, 0.15) is 0 Å². The van der Waals surface area contributed by atoms with Crippen LogP contribution < -0.4 is 5.43 Å². The highest BCUT2D eigenvalue weighted by molar-refractivity contribution is 9.10. The summed E-state index contributed by atoms with van der Waals surface area (Å²) in [5.41, 5.74) is 6.57. The third kappa shape index (κ3) is 3.38. The van der Waals surface area contributed by atoms with E-state index in [2.05, 4.69) is 37.1 Å². The van der Waals surface area contributed by atoms with Gasteiger partial charge in [0.2, 0.25) is 5.91 Å². The molecule has 1 N–H and O–H groups in total. The Hall–Kier alpha value is -2.91. The normalized spacial score (nSPS) is 16.7. The maximum Gasteiger partial charge on any atom is 0.248 e. The van der Waals surface area contributed by atoms with Gasteiger partial charge in [-0.3, -0.25) is 4.79 Å². The van der Waals surface area contributed by atoms with Crippen LogP contribution in [-0.2, 0) is 11.3 Å². The number of carbonyl (C=O) groups is 1. The number of nitrogens with zero attached hydrogens (tertiary/aromatic N) is 3. The van der Waals surface area contributed by atoms with Gasteiger partial charge in [0.05, 0.1) is 24.1 Å². The highest BCUT2D eigenvalue weighted by Gasteiger charge is 2.29. The van der Waals surface area contributed by atoms with Crippen molar-refractivity contribution in [3.63, 3.8) is 0 Å². The summed E-state index contributed by atoms with van der Waals surface area (Å²) < 4.78 is 3.07. The first-order valence-corrected chi connectivity index (χ1v) is 9.54. The van der Waals surface area contributed by atoms with Crippen LogP contribution in [0, 0.1) is 11.3 Å². The summed E-state index contributed by atoms with van der Waals surface area (Å²) in [5, 5.41) is 14.3. The minimum atomic E-state index is -0.311. The molecule has 1 aliphatic heterocycles. The topological polar surface area (TPSA) is 70.2 Å². The molecule has 5 nitrogen and oxygen atoms in total. The molecule has 2 heterocycles. The van der Waals surface area contributed by atoms with Crippen LogP contribution in [0.2, 0.25) is 0 Å². The zero-order chi connectivity index (χ0) is 18.8. The molecule has 0 aliphatic carbocycles. The second-order valence-corrected chi connectivity index (χ2v) is 7.42. The van der Waals surface area contributed by atoms with Crippen molar-refractivity contribution in [3.05, 3.63) is 70.3 Å². The van der Waals surface area contributed by atoms with E-state index in [0.29, 0.717) is 19.4 Å². The summed E-state index contributed by atoms with van der Waals surface area (Å²) in [7, 11) is 0. The number of nitrogens with one attached hydrogen (secondary N) is 1. The Bertz CT molecular complexity index is 1080. The third-order valence-electron chi connectivity index (χ3n) is 4.85. The fourth-order valence-corrected chi connectivity index (χ4v) is 3.78. The summed E-state index contributed by atoms with van der Waals surface area (Å²) in [5.74, 6) is -0.409. The second kappa shape index (κ2) is 7.37. The number of halogens is 1. The molecule has 2 aromatic carbocycles. The van der Waals surface area contributed by atoms with E-state index in [0.717, 1.165) is 32.2 Å². The second-order valence-electron chi connectivity index (χ2n) is 6.50. The van der Waals surface area contributed by atoms with Gasteiger partial charge in [-0.15, -0.1) is 0 Å². The Kier molecular flexibility index (Phi) is 4.78. The van der Waals surface area contributed by atoms with Gasteiger partial charge in [-0.25, -0.2) is 5.43 Å². The van der Waals surface area contributed by atoms with Gasteiger partial charge in [0.25, 0.3) is 0 Å². The number of para-hydroxylation sites is 1. The third-order valence-corrected chi connectivity index (χ3v) is 5.38. The zero-order valence-electron chi connectivity index (χ0n) is 14.5. The Morgan fingerprint density at radius 1 is 1.22 bits per heavy atom. The lowest BCUT2D eigenvalue weighted by molar-refractivity contribution is -0.122. The van der Waals surface area contributed by atoms with Crippen molar-refractivity contribution >= 4 is 38.5 Å². The van der Waals surface area contributed by atoms with E-state index in [1.165, 1.54) is 0 Å². The highest BCUT2D eigenvalue weighted by Crippen LogP contribution is 2.33. The molecule has 0 radical (unpaired) electrons. The van der Waals surface area contributed by atoms with Crippen LogP contribution in [-0.4, -0.2) is 16.2 Å². The number of nitriles is 1. The van der Waals surface area contributed by atoms with E-state index in [-0.39, 0.29) is 11.8 Å². The molecular formula is C21H17BrN4O. The van der Waals surface area contributed by atoms with Crippen molar-refractivity contribution in [2.24, 2.45) is 5.10 Å². The van der Waals surface area contributed by atoms with E-state index >= 15 is 0 Å². The predicted molar refractivity (Wildman–Crippen MR) is 108 cm³/mol. The van der Waals surface area contributed by atoms with E-state index in [1.54, 1.807) is 0 Å². The van der Waals surface area contributed by atoms with E-state index in [9.17, 15) is 4.79 Å². The van der Waals surface area contributed by atoms with Crippen molar-refractivity contribution < 1.29 is 4.79 Å². The first-order chi connectivity index (χ1) is 13.2. The van der Waals surface area contributed by atoms with Gasteiger partial charge in [0, 0.05) is 34.5 Å². The SMILES string of the molecule is N#CCCn1cc([C@@H]2CC(c3ccc(Br)cc3)=NNC2=O)c2ccccc21. The maximum atomic E-state index is 12.6. The summed E-state index contributed by atoms with van der Waals surface area (Å²) in [4.78, 5) is 12.6. The first kappa shape index (κ1) is 17.5. The molecule has 1 aliphatic rings. The molecule has 0 saturated carbocycles. The van der Waals surface area contributed by atoms with E-state index in [1.807, 2.05) is 54.7 Å². The number of aromatic nitrogens is 1. The average Bonchev–Trinajstić information content (AvgIpc) is 3.06. The molecule has 0 unspecified atom stereocenters. The van der Waals surface area contributed by atoms with Gasteiger partial charge < -0.3 is 4.57 Å². The molecule has 0 saturated heterocycles. The lowest BCUT2D eigenvalue weighted by Crippen LogP contribution is -2.33. The molecule has 1 aromatic heterocycles. The summed E-state index contributed by atoms with van der Waals surface area (Å²) in [6, 6.07) is 18.1. The van der Waals surface area contributed by atoms with Crippen molar-refractivity contribution in [2.75, 3.05) is 0 Å². The van der Waals surface area contributed by atoms with E-state index < -0.39 is 0 Å². The van der Waals surface area contributed by atoms with Crippen LogP contribution in [0.5, 0.6) is 0 Å². The van der Waals surface area contributed by atoms with Crippen LogP contribution in [0.25, 0.3) is 10.9 Å². The smallest absolute Gasteiger partial charge is 0.248 e. The molecule has 0 fully saturated rings. The summed E-state index contributed by atoms with van der Waals surface area (Å²) in [6.07, 6.45) is 2.98. The Labute approximate surface area is 165 Å². The molecule has 6 heteroatoms. The number of hydrazone groups is 1. The Morgan fingerprint density at radius 3 is 2.78 bits per heavy atom. The number of hydrogen-bond donors (Lipinski definition) is 1. The monoisotopic (exact) mass is 420 g/mol. The molecule has 0 spiro atoms. The molecular weight excluding hydrogens is 404 g/mol. The predicted octanol–water partition coefficient (Wildman–Crippen LogP) is 4.33. The Morgan fingerprint density at radius 2 is 2.00 bits per heavy atom. The molecule has 0 bridgehead atoms. The van der Waals surface area contributed by atoms with Crippen molar-refractivity contribution in [1.82, 2.24) is 9.99 Å². The average molecular weight is 421 g/mol. The maximum absolute atomic E-state index is 12.6. The number of amides is 1. The fraction of sp³-hybridized carbons (Fsp3) is 0.190. The number of fused-ring (bicyclic) bond motifs is 1. The number of carbonyl (C=O) groups excluding carboxylic acids is 1. The number of rotatable bonds is 4. The standard InChI is InChI=1S/C21H17BrN4O/c22-15-8-6-14(7-9-15)19-12-17(21(27)25-24-19)18-13-26(11-3-10-23)20-5-2-1-4-16(18)20/h1-2,4-9,13,17H,3,11-12H2,(H,25,27)/t17-/m0/s1. The largest absolute Gasteiger partial charge is 0.346 e. The van der Waals surface area contributed by atoms with Crippen molar-refractivity contribution in [2.45, 2.75) is 25.3 Å². The molecule has 27 heavy (non-hydrogen) atoms. The van der Waals surface area contributed by atoms with Gasteiger partial charge in [0.15, 0.2) is 0 Å². The van der Waals surface area contributed by atoms with E-state index in [4.69, 9.17) is 5.26 Å². The molecule has 1 amide bonds. The zero-order valence-corrected chi connectivity index (χ0v) is 16.1. The minimum Gasteiger partial charge on any atom is -0.346 e. The number of hydrogen-bond acceptors (Lipinski definition) is 3. The van der Waals surface area contributed by atoms with Gasteiger partial charge in [-0.1, -0.05) is 46.3 Å². The van der Waals surface area contributed by atoms with Crippen LogP contribution in [0.15, 0.2) is 64.3 Å². The van der Waals surface area contributed by atoms with Crippen LogP contribution in [0.1, 0.15) is 29.9 Å². The number of aryl methyl sites for hydroxylation is 1. The highest BCUT2D eigenvalue weighted by atomic mass is 79.9. The summed E-state index contributed by atoms with van der Waals surface area (Å²) in [6.45, 7) is 0.610. The van der Waals surface area contributed by atoms with Gasteiger partial charge in [-0.2, -0.15) is 10.4 Å². The lowest BCUT2D eigenvalue weighted by atomic mass is 9.89. The van der Waals surface area contributed by atoms with Crippen LogP contribution >= 0.6 is 15.9 Å². The van der Waals surface area contributed by atoms with Crippen molar-refractivity contribution in [1.29, 1.82) is 5.26 Å². The molecule has 4 rings (SSSR count). The summed E-state index contributed by atoms with van der Waals surface area (Å²) >= 11 is 3.44. The van der Waals surface area contributed by atoms with Gasteiger partial charge >= 0.3 is 0 Å². The first-order valence-electron chi connectivity index (χ1n) is 8.74. The minimum absolute atomic E-state index is 0.0981. The number of benzene rings is 2. The molecule has 3 aromatic rings. The van der Waals surface area contributed by atoms with Crippen LogP contribution in [0.3, 0.4) is 0 Å². The lowest BCUT2D eigenvalue weighted by Gasteiger charge is -2.21. The quantitative estimate of drug-likeness (QED) is 0.682. The fourth-order valence-electron chi connectivity index (χ4n) is 3.52. The van der Waals surface area contributed by atoms with Gasteiger partial charge in [-0.05, 0) is 29.3 Å². The van der Waals surface area contributed by atoms with Crippen molar-refractivity contribution in [3.8, 4) is 6.07 Å². The Balaban J connectivity index is 1.72. The molecule has 134 valence electrons. The van der Waals surface area contributed by atoms with Crippen LogP contribution in [0.4, 0.5) is 0 Å².